The minimum Gasteiger partial charge on any atom is -0.369 e. The first-order valence-electron chi connectivity index (χ1n) is 6.87. The van der Waals surface area contributed by atoms with Crippen LogP contribution in [0.25, 0.3) is 0 Å². The molecular formula is C14H20ClN3. The molecule has 1 N–H and O–H groups in total. The summed E-state index contributed by atoms with van der Waals surface area (Å²) in [6.45, 7) is 5.21. The zero-order chi connectivity index (χ0) is 12.8. The first-order chi connectivity index (χ1) is 8.59. The Hall–Kier alpha value is -0.830. The highest BCUT2D eigenvalue weighted by Gasteiger charge is 2.53. The average molecular weight is 266 g/mol. The number of anilines is 1. The van der Waals surface area contributed by atoms with E-state index in [1.807, 2.05) is 6.07 Å². The maximum atomic E-state index is 6.04. The van der Waals surface area contributed by atoms with Crippen LogP contribution in [-0.2, 0) is 0 Å². The summed E-state index contributed by atoms with van der Waals surface area (Å²) < 4.78 is 0. The van der Waals surface area contributed by atoms with E-state index >= 15 is 0 Å². The zero-order valence-corrected chi connectivity index (χ0v) is 11.8. The SMILES string of the molecule is CC(C)c1nc(Cl)cc(NCC2(C3CC3)CC2)n1. The minimum absolute atomic E-state index is 0.308. The topological polar surface area (TPSA) is 37.8 Å². The zero-order valence-electron chi connectivity index (χ0n) is 11.0. The minimum atomic E-state index is 0.308. The normalized spacial score (nSPS) is 21.1. The van der Waals surface area contributed by atoms with Crippen molar-refractivity contribution in [2.75, 3.05) is 11.9 Å². The van der Waals surface area contributed by atoms with Crippen molar-refractivity contribution in [1.29, 1.82) is 0 Å². The Bertz CT molecular complexity index is 450. The van der Waals surface area contributed by atoms with Gasteiger partial charge in [0.1, 0.15) is 16.8 Å². The second-order valence-electron chi connectivity index (χ2n) is 6.08. The Labute approximate surface area is 113 Å². The highest BCUT2D eigenvalue weighted by molar-refractivity contribution is 6.29. The van der Waals surface area contributed by atoms with E-state index < -0.39 is 0 Å². The van der Waals surface area contributed by atoms with Gasteiger partial charge in [0, 0.05) is 18.5 Å². The Balaban J connectivity index is 1.68. The predicted molar refractivity (Wildman–Crippen MR) is 74.0 cm³/mol. The standard InChI is InChI=1S/C14H20ClN3/c1-9(2)13-17-11(15)7-12(18-13)16-8-14(5-6-14)10-3-4-10/h7,9-10H,3-6,8H2,1-2H3,(H,16,17,18). The van der Waals surface area contributed by atoms with Gasteiger partial charge in [-0.2, -0.15) is 0 Å². The quantitative estimate of drug-likeness (QED) is 0.822. The summed E-state index contributed by atoms with van der Waals surface area (Å²) in [5.74, 6) is 2.97. The van der Waals surface area contributed by atoms with Gasteiger partial charge in [0.25, 0.3) is 0 Å². The summed E-state index contributed by atoms with van der Waals surface area (Å²) in [7, 11) is 0. The van der Waals surface area contributed by atoms with Gasteiger partial charge in [-0.25, -0.2) is 9.97 Å². The molecule has 2 fully saturated rings. The number of hydrogen-bond acceptors (Lipinski definition) is 3. The van der Waals surface area contributed by atoms with Crippen LogP contribution in [0.4, 0.5) is 5.82 Å². The van der Waals surface area contributed by atoms with Crippen molar-refractivity contribution < 1.29 is 0 Å². The number of nitrogens with one attached hydrogen (secondary N) is 1. The highest BCUT2D eigenvalue weighted by atomic mass is 35.5. The molecule has 2 aliphatic carbocycles. The molecule has 0 spiro atoms. The van der Waals surface area contributed by atoms with Crippen LogP contribution in [0.3, 0.4) is 0 Å². The molecular weight excluding hydrogens is 246 g/mol. The summed E-state index contributed by atoms with van der Waals surface area (Å²) in [6, 6.07) is 1.83. The number of halogens is 1. The fourth-order valence-electron chi connectivity index (χ4n) is 2.64. The van der Waals surface area contributed by atoms with Crippen molar-refractivity contribution in [3.05, 3.63) is 17.0 Å². The Morgan fingerprint density at radius 1 is 1.39 bits per heavy atom. The van der Waals surface area contributed by atoms with Gasteiger partial charge < -0.3 is 5.32 Å². The second-order valence-corrected chi connectivity index (χ2v) is 6.47. The lowest BCUT2D eigenvalue weighted by Gasteiger charge is -2.16. The molecule has 0 bridgehead atoms. The van der Waals surface area contributed by atoms with Crippen molar-refractivity contribution in [1.82, 2.24) is 9.97 Å². The molecule has 1 aromatic rings. The monoisotopic (exact) mass is 265 g/mol. The molecule has 0 amide bonds. The van der Waals surface area contributed by atoms with Crippen LogP contribution < -0.4 is 5.32 Å². The molecule has 1 heterocycles. The predicted octanol–water partition coefficient (Wildman–Crippen LogP) is 3.86. The molecule has 0 saturated heterocycles. The first kappa shape index (κ1) is 12.2. The lowest BCUT2D eigenvalue weighted by Crippen LogP contribution is -2.18. The fraction of sp³-hybridized carbons (Fsp3) is 0.714. The van der Waals surface area contributed by atoms with Crippen molar-refractivity contribution in [3.8, 4) is 0 Å². The lowest BCUT2D eigenvalue weighted by atomic mass is 10.0. The third-order valence-corrected chi connectivity index (χ3v) is 4.38. The average Bonchev–Trinajstić information content (AvgIpc) is 3.17. The Morgan fingerprint density at radius 3 is 2.67 bits per heavy atom. The van der Waals surface area contributed by atoms with Crippen molar-refractivity contribution in [2.24, 2.45) is 11.3 Å². The van der Waals surface area contributed by atoms with Gasteiger partial charge in [0.15, 0.2) is 0 Å². The van der Waals surface area contributed by atoms with Gasteiger partial charge in [-0.05, 0) is 37.0 Å². The van der Waals surface area contributed by atoms with Crippen LogP contribution in [0.2, 0.25) is 5.15 Å². The van der Waals surface area contributed by atoms with Crippen LogP contribution in [0.1, 0.15) is 51.3 Å². The van der Waals surface area contributed by atoms with Crippen molar-refractivity contribution in [2.45, 2.75) is 45.4 Å². The molecule has 0 aliphatic heterocycles. The summed E-state index contributed by atoms with van der Waals surface area (Å²) in [4.78, 5) is 8.79. The van der Waals surface area contributed by atoms with E-state index in [-0.39, 0.29) is 0 Å². The largest absolute Gasteiger partial charge is 0.369 e. The molecule has 2 aliphatic rings. The second kappa shape index (κ2) is 4.37. The van der Waals surface area contributed by atoms with E-state index in [1.165, 1.54) is 25.7 Å². The number of nitrogens with zero attached hydrogens (tertiary/aromatic N) is 2. The number of aromatic nitrogens is 2. The summed E-state index contributed by atoms with van der Waals surface area (Å²) in [5, 5.41) is 4.00. The van der Waals surface area contributed by atoms with Crippen LogP contribution in [0.5, 0.6) is 0 Å². The van der Waals surface area contributed by atoms with Crippen LogP contribution in [-0.4, -0.2) is 16.5 Å². The summed E-state index contributed by atoms with van der Waals surface area (Å²) in [6.07, 6.45) is 5.59. The lowest BCUT2D eigenvalue weighted by molar-refractivity contribution is 0.466. The molecule has 98 valence electrons. The van der Waals surface area contributed by atoms with Crippen LogP contribution in [0.15, 0.2) is 6.07 Å². The summed E-state index contributed by atoms with van der Waals surface area (Å²) >= 11 is 6.04. The Kier molecular flexibility index (Phi) is 2.97. The molecule has 0 unspecified atom stereocenters. The van der Waals surface area contributed by atoms with Crippen LogP contribution in [0, 0.1) is 11.3 Å². The van der Waals surface area contributed by atoms with E-state index in [0.717, 1.165) is 24.1 Å². The van der Waals surface area contributed by atoms with E-state index in [4.69, 9.17) is 11.6 Å². The molecule has 4 heteroatoms. The number of hydrogen-bond donors (Lipinski definition) is 1. The molecule has 3 nitrogen and oxygen atoms in total. The molecule has 18 heavy (non-hydrogen) atoms. The molecule has 0 radical (unpaired) electrons. The molecule has 0 aromatic carbocycles. The van der Waals surface area contributed by atoms with Gasteiger partial charge in [-0.3, -0.25) is 0 Å². The van der Waals surface area contributed by atoms with Gasteiger partial charge in [0.05, 0.1) is 0 Å². The first-order valence-corrected chi connectivity index (χ1v) is 7.25. The Morgan fingerprint density at radius 2 is 2.11 bits per heavy atom. The third-order valence-electron chi connectivity index (χ3n) is 4.19. The molecule has 1 aromatic heterocycles. The van der Waals surface area contributed by atoms with E-state index in [0.29, 0.717) is 16.5 Å². The number of rotatable bonds is 5. The van der Waals surface area contributed by atoms with Crippen molar-refractivity contribution >= 4 is 17.4 Å². The van der Waals surface area contributed by atoms with E-state index in [9.17, 15) is 0 Å². The van der Waals surface area contributed by atoms with E-state index in [1.54, 1.807) is 0 Å². The molecule has 2 saturated carbocycles. The summed E-state index contributed by atoms with van der Waals surface area (Å²) in [5.41, 5.74) is 0.579. The smallest absolute Gasteiger partial charge is 0.135 e. The molecule has 3 rings (SSSR count). The van der Waals surface area contributed by atoms with Crippen molar-refractivity contribution in [3.63, 3.8) is 0 Å². The maximum Gasteiger partial charge on any atom is 0.135 e. The third kappa shape index (κ3) is 2.46. The molecule has 0 atom stereocenters. The maximum absolute atomic E-state index is 6.04. The van der Waals surface area contributed by atoms with Gasteiger partial charge in [0.2, 0.25) is 0 Å². The fourth-order valence-corrected chi connectivity index (χ4v) is 2.83. The van der Waals surface area contributed by atoms with Crippen LogP contribution >= 0.6 is 11.6 Å². The van der Waals surface area contributed by atoms with E-state index in [2.05, 4.69) is 29.1 Å². The van der Waals surface area contributed by atoms with Gasteiger partial charge in [-0.1, -0.05) is 25.4 Å². The van der Waals surface area contributed by atoms with Gasteiger partial charge >= 0.3 is 0 Å². The van der Waals surface area contributed by atoms with Gasteiger partial charge in [-0.15, -0.1) is 0 Å². The highest BCUT2D eigenvalue weighted by Crippen LogP contribution is 2.61.